The number of aromatic nitrogens is 12. The first kappa shape index (κ1) is 36.9. The molecule has 2 N–H and O–H groups in total. The fraction of sp³-hybridized carbons (Fsp3) is 0.316. The average molecular weight is 775 g/mol. The number of imidazole rings is 2. The molecular weight excluding hydrogens is 736 g/mol. The van der Waals surface area contributed by atoms with Crippen molar-refractivity contribution in [3.05, 3.63) is 151 Å². The van der Waals surface area contributed by atoms with Gasteiger partial charge in [-0.1, -0.05) is 60.7 Å². The van der Waals surface area contributed by atoms with Crippen LogP contribution in [0.2, 0.25) is 0 Å². The lowest BCUT2D eigenvalue weighted by molar-refractivity contribution is 0.0746. The van der Waals surface area contributed by atoms with E-state index in [1.807, 2.05) is 24.3 Å². The lowest BCUT2D eigenvalue weighted by Crippen LogP contribution is -2.31. The number of rotatable bonds is 7. The molecule has 0 bridgehead atoms. The van der Waals surface area contributed by atoms with Crippen LogP contribution in [0.4, 0.5) is 0 Å². The summed E-state index contributed by atoms with van der Waals surface area (Å²) < 4.78 is 17.3. The van der Waals surface area contributed by atoms with Gasteiger partial charge >= 0.3 is 11.5 Å². The normalized spacial score (nSPS) is 18.6. The summed E-state index contributed by atoms with van der Waals surface area (Å²) in [4.78, 5) is 64.0. The Hall–Kier alpha value is -7.02. The highest BCUT2D eigenvalue weighted by Gasteiger charge is 2.34. The van der Waals surface area contributed by atoms with Crippen molar-refractivity contribution in [1.29, 1.82) is 0 Å². The molecule has 19 heteroatoms. The lowest BCUT2D eigenvalue weighted by Gasteiger charge is -2.34. The number of H-pyrrole nitrogens is 1. The van der Waals surface area contributed by atoms with E-state index in [2.05, 4.69) is 71.6 Å². The molecule has 0 spiro atoms. The molecule has 2 fully saturated rings. The minimum absolute atomic E-state index is 0.0182. The van der Waals surface area contributed by atoms with Crippen LogP contribution >= 0.6 is 0 Å². The number of hydrogen-bond donors (Lipinski definition) is 2. The van der Waals surface area contributed by atoms with E-state index in [1.165, 1.54) is 50.3 Å². The molecule has 8 aromatic rings. The van der Waals surface area contributed by atoms with Crippen molar-refractivity contribution in [2.24, 2.45) is 14.1 Å². The molecule has 0 amide bonds. The van der Waals surface area contributed by atoms with Crippen molar-refractivity contribution in [2.45, 2.75) is 62.8 Å². The number of nitrogens with zero attached hydrogens (tertiary/aromatic N) is 11. The zero-order valence-corrected chi connectivity index (χ0v) is 31.0. The maximum absolute atomic E-state index is 12.6. The zero-order chi connectivity index (χ0) is 39.6. The first-order valence-electron chi connectivity index (χ1n) is 18.2. The molecule has 0 radical (unpaired) electrons. The number of aryl methyl sites for hydroxylation is 2. The second-order valence-electron chi connectivity index (χ2n) is 14.1. The van der Waals surface area contributed by atoms with Gasteiger partial charge in [0.2, 0.25) is 11.8 Å². The van der Waals surface area contributed by atoms with Gasteiger partial charge in [-0.25, -0.2) is 34.6 Å². The van der Waals surface area contributed by atoms with Gasteiger partial charge in [-0.05, 0) is 48.6 Å². The van der Waals surface area contributed by atoms with E-state index < -0.39 is 11.5 Å². The molecule has 2 saturated carbocycles. The first-order valence-corrected chi connectivity index (χ1v) is 18.2. The Morgan fingerprint density at radius 2 is 1.16 bits per heavy atom. The third-order valence-electron chi connectivity index (χ3n) is 10.2. The van der Waals surface area contributed by atoms with Gasteiger partial charge in [0.25, 0.3) is 11.1 Å². The molecule has 6 heterocycles. The summed E-state index contributed by atoms with van der Waals surface area (Å²) in [6.07, 6.45) is 9.33. The molecule has 19 nitrogen and oxygen atoms in total. The second kappa shape index (κ2) is 15.6. The summed E-state index contributed by atoms with van der Waals surface area (Å²) in [6, 6.07) is 20.7. The van der Waals surface area contributed by atoms with Crippen LogP contribution in [0.5, 0.6) is 0 Å². The van der Waals surface area contributed by atoms with E-state index in [0.29, 0.717) is 34.2 Å². The fourth-order valence-corrected chi connectivity index (χ4v) is 6.98. The van der Waals surface area contributed by atoms with Crippen LogP contribution in [0.3, 0.4) is 0 Å². The number of aromatic amines is 1. The smallest absolute Gasteiger partial charge is 0.393 e. The van der Waals surface area contributed by atoms with Gasteiger partial charge in [-0.3, -0.25) is 18.7 Å². The van der Waals surface area contributed by atoms with E-state index in [4.69, 9.17) is 13.9 Å². The van der Waals surface area contributed by atoms with Crippen molar-refractivity contribution in [2.75, 3.05) is 0 Å². The second-order valence-corrected chi connectivity index (χ2v) is 14.1. The highest BCUT2D eigenvalue weighted by Crippen LogP contribution is 2.43. The third kappa shape index (κ3) is 7.77. The third-order valence-corrected chi connectivity index (χ3v) is 10.2. The van der Waals surface area contributed by atoms with Crippen LogP contribution in [0.1, 0.15) is 66.5 Å². The topological polar surface area (TPSA) is 233 Å². The minimum Gasteiger partial charge on any atom is -0.393 e. The SMILES string of the molecule is Cn1cnc2ncn(Cc3n[nH]c(=O)o3)c(=O)c21.Cn1cnc2ncn(Cc3nn(C4CC(c5ccccc5)C4)c(=O)o3)c(=O)c21.OC1CC(c2ccccc2)C1. The van der Waals surface area contributed by atoms with Crippen LogP contribution in [0.15, 0.2) is 114 Å². The van der Waals surface area contributed by atoms with Crippen LogP contribution in [-0.4, -0.2) is 69.4 Å². The van der Waals surface area contributed by atoms with Gasteiger partial charge < -0.3 is 23.1 Å². The van der Waals surface area contributed by atoms with Gasteiger partial charge in [0, 0.05) is 14.1 Å². The van der Waals surface area contributed by atoms with E-state index in [0.717, 1.165) is 25.7 Å². The Morgan fingerprint density at radius 1 is 0.667 bits per heavy atom. The van der Waals surface area contributed by atoms with Crippen LogP contribution < -0.4 is 22.6 Å². The summed E-state index contributed by atoms with van der Waals surface area (Å²) in [7, 11) is 3.44. The zero-order valence-electron chi connectivity index (χ0n) is 31.0. The Morgan fingerprint density at radius 3 is 1.65 bits per heavy atom. The Kier molecular flexibility index (Phi) is 10.1. The number of hydrogen-bond acceptors (Lipinski definition) is 13. The van der Waals surface area contributed by atoms with Crippen LogP contribution in [0, 0.1) is 0 Å². The summed E-state index contributed by atoms with van der Waals surface area (Å²) in [5.41, 5.74) is 3.67. The highest BCUT2D eigenvalue weighted by molar-refractivity contribution is 5.69. The van der Waals surface area contributed by atoms with Crippen LogP contribution in [-0.2, 0) is 27.2 Å². The van der Waals surface area contributed by atoms with E-state index in [-0.39, 0.29) is 48.1 Å². The first-order chi connectivity index (χ1) is 27.6. The average Bonchev–Trinajstić information content (AvgIpc) is 3.97. The van der Waals surface area contributed by atoms with Crippen molar-refractivity contribution in [3.8, 4) is 0 Å². The van der Waals surface area contributed by atoms with Gasteiger partial charge in [-0.2, -0.15) is 4.68 Å². The van der Waals surface area contributed by atoms with Crippen molar-refractivity contribution >= 4 is 22.3 Å². The predicted octanol–water partition coefficient (Wildman–Crippen LogP) is 2.23. The molecule has 6 aromatic heterocycles. The molecule has 2 aliphatic carbocycles. The summed E-state index contributed by atoms with van der Waals surface area (Å²) in [5, 5.41) is 19.1. The Balaban J connectivity index is 0.000000133. The largest absolute Gasteiger partial charge is 0.437 e. The lowest BCUT2D eigenvalue weighted by atomic mass is 9.76. The summed E-state index contributed by atoms with van der Waals surface area (Å²) in [6.45, 7) is 0.0791. The predicted molar refractivity (Wildman–Crippen MR) is 204 cm³/mol. The molecule has 0 unspecified atom stereocenters. The van der Waals surface area contributed by atoms with Gasteiger partial charge in [0.05, 0.1) is 24.8 Å². The maximum Gasteiger partial charge on any atom is 0.437 e. The van der Waals surface area contributed by atoms with E-state index >= 15 is 0 Å². The number of aliphatic hydroxyl groups is 1. The molecular formula is C38H38N12O7. The van der Waals surface area contributed by atoms with Gasteiger partial charge in [0.15, 0.2) is 22.3 Å². The molecule has 2 aromatic carbocycles. The monoisotopic (exact) mass is 774 g/mol. The fourth-order valence-electron chi connectivity index (χ4n) is 6.98. The van der Waals surface area contributed by atoms with E-state index in [9.17, 15) is 19.2 Å². The molecule has 57 heavy (non-hydrogen) atoms. The summed E-state index contributed by atoms with van der Waals surface area (Å²) >= 11 is 0. The molecule has 0 saturated heterocycles. The standard InChI is InChI=1S/C19H18N6O3.C10H12O.C9H8N6O3/c1-23-10-20-17-16(23)18(26)24(11-21-17)9-15-22-25(19(27)28-15)14-7-13(8-14)12-5-3-2-4-6-12;11-10-6-9(7-10)8-4-2-1-3-5-8;1-14-3-10-7-6(14)8(16)15(4-11-7)2-5-12-13-9(17)18-5/h2-6,10-11,13-14H,7-9H2,1H3;1-5,9-11H,6-7H2;3-4H,2H2,1H3,(H,13,17). The van der Waals surface area contributed by atoms with Crippen molar-refractivity contribution in [3.63, 3.8) is 0 Å². The number of benzene rings is 2. The van der Waals surface area contributed by atoms with Crippen LogP contribution in [0.25, 0.3) is 22.3 Å². The molecule has 2 aliphatic rings. The van der Waals surface area contributed by atoms with Gasteiger partial charge in [-0.15, -0.1) is 10.2 Å². The van der Waals surface area contributed by atoms with Crippen molar-refractivity contribution < 1.29 is 13.9 Å². The number of fused-ring (bicyclic) bond motifs is 2. The number of aliphatic hydroxyl groups excluding tert-OH is 1. The van der Waals surface area contributed by atoms with Gasteiger partial charge in [0.1, 0.15) is 25.7 Å². The maximum atomic E-state index is 12.6. The Bertz CT molecular complexity index is 2870. The summed E-state index contributed by atoms with van der Waals surface area (Å²) in [5.74, 6) is 0.203. The van der Waals surface area contributed by atoms with Crippen molar-refractivity contribution in [1.82, 2.24) is 58.2 Å². The molecule has 10 rings (SSSR count). The molecule has 0 atom stereocenters. The van der Waals surface area contributed by atoms with E-state index in [1.54, 1.807) is 23.2 Å². The number of nitrogens with one attached hydrogen (secondary N) is 1. The quantitative estimate of drug-likeness (QED) is 0.237. The molecule has 0 aliphatic heterocycles. The minimum atomic E-state index is -0.660. The Labute approximate surface area is 321 Å². The molecule has 292 valence electrons. The highest BCUT2D eigenvalue weighted by atomic mass is 16.4.